The molecule has 0 radical (unpaired) electrons. The van der Waals surface area contributed by atoms with Crippen molar-refractivity contribution in [3.05, 3.63) is 28.4 Å². The summed E-state index contributed by atoms with van der Waals surface area (Å²) in [6.45, 7) is 4.39. The molecule has 0 bridgehead atoms. The fraction of sp³-hybridized carbons (Fsp3) is 0.562. The van der Waals surface area contributed by atoms with E-state index in [-0.39, 0.29) is 0 Å². The van der Waals surface area contributed by atoms with Crippen LogP contribution in [0.4, 0.5) is 0 Å². The summed E-state index contributed by atoms with van der Waals surface area (Å²) >= 11 is 3.71. The van der Waals surface area contributed by atoms with Crippen LogP contribution in [0.2, 0.25) is 0 Å². The van der Waals surface area contributed by atoms with Crippen molar-refractivity contribution >= 4 is 26.8 Å². The summed E-state index contributed by atoms with van der Waals surface area (Å²) in [4.78, 5) is 2.40. The van der Waals surface area contributed by atoms with Gasteiger partial charge in [0, 0.05) is 16.4 Å². The lowest BCUT2D eigenvalue weighted by Gasteiger charge is -2.17. The van der Waals surface area contributed by atoms with E-state index in [9.17, 15) is 0 Å². The summed E-state index contributed by atoms with van der Waals surface area (Å²) < 4.78 is 3.40. The Labute approximate surface area is 129 Å². The van der Waals surface area contributed by atoms with E-state index in [1.807, 2.05) is 6.20 Å². The van der Waals surface area contributed by atoms with Crippen molar-refractivity contribution in [2.24, 2.45) is 0 Å². The number of unbranched alkanes of at least 4 members (excludes halogenated alkanes) is 1. The van der Waals surface area contributed by atoms with Gasteiger partial charge in [0.05, 0.1) is 17.8 Å². The van der Waals surface area contributed by atoms with Gasteiger partial charge in [0.25, 0.3) is 0 Å². The van der Waals surface area contributed by atoms with Crippen LogP contribution in [-0.4, -0.2) is 28.3 Å². The van der Waals surface area contributed by atoms with Gasteiger partial charge in [0.2, 0.25) is 0 Å². The highest BCUT2D eigenvalue weighted by Crippen LogP contribution is 2.37. The normalized spacial score (nSPS) is 15.4. The first kappa shape index (κ1) is 14.1. The molecule has 1 aliphatic rings. The third-order valence-electron chi connectivity index (χ3n) is 3.99. The number of rotatable bonds is 6. The smallest absolute Gasteiger partial charge is 0.0689 e. The lowest BCUT2D eigenvalue weighted by Crippen LogP contribution is -2.19. The quantitative estimate of drug-likeness (QED) is 0.781. The van der Waals surface area contributed by atoms with Crippen LogP contribution in [-0.2, 0) is 6.54 Å². The van der Waals surface area contributed by atoms with Gasteiger partial charge >= 0.3 is 0 Å². The fourth-order valence-corrected chi connectivity index (χ4v) is 3.12. The molecule has 1 saturated carbocycles. The first-order valence-electron chi connectivity index (χ1n) is 7.53. The predicted octanol–water partition coefficient (Wildman–Crippen LogP) is 4.37. The van der Waals surface area contributed by atoms with Gasteiger partial charge in [-0.1, -0.05) is 29.3 Å². The minimum Gasteiger partial charge on any atom is -0.302 e. The Hall–Kier alpha value is -0.870. The molecule has 1 aromatic heterocycles. The van der Waals surface area contributed by atoms with Crippen LogP contribution in [0.25, 0.3) is 10.9 Å². The summed E-state index contributed by atoms with van der Waals surface area (Å²) in [7, 11) is 2.20. The Bertz CT molecular complexity index is 601. The number of benzene rings is 1. The highest BCUT2D eigenvalue weighted by molar-refractivity contribution is 9.10. The van der Waals surface area contributed by atoms with E-state index in [4.69, 9.17) is 0 Å². The fourth-order valence-electron chi connectivity index (χ4n) is 2.64. The molecule has 0 unspecified atom stereocenters. The largest absolute Gasteiger partial charge is 0.302 e. The number of hydrogen-bond acceptors (Lipinski definition) is 2. The van der Waals surface area contributed by atoms with Crippen LogP contribution in [0, 0.1) is 0 Å². The van der Waals surface area contributed by atoms with Crippen molar-refractivity contribution < 1.29 is 0 Å². The van der Waals surface area contributed by atoms with Gasteiger partial charge in [-0.2, -0.15) is 5.10 Å². The van der Waals surface area contributed by atoms with Crippen LogP contribution in [0.3, 0.4) is 0 Å². The summed E-state index contributed by atoms with van der Waals surface area (Å²) in [5.74, 6) is 0. The lowest BCUT2D eigenvalue weighted by molar-refractivity contribution is 0.320. The molecule has 0 aliphatic heterocycles. The van der Waals surface area contributed by atoms with Crippen molar-refractivity contribution in [3.63, 3.8) is 0 Å². The van der Waals surface area contributed by atoms with Gasteiger partial charge in [-0.3, -0.25) is 4.68 Å². The van der Waals surface area contributed by atoms with E-state index in [0.29, 0.717) is 6.04 Å². The molecule has 4 heteroatoms. The topological polar surface area (TPSA) is 21.1 Å². The number of hydrogen-bond donors (Lipinski definition) is 0. The van der Waals surface area contributed by atoms with E-state index < -0.39 is 0 Å². The highest BCUT2D eigenvalue weighted by Gasteiger charge is 2.26. The van der Waals surface area contributed by atoms with Crippen LogP contribution in [0.5, 0.6) is 0 Å². The molecule has 20 heavy (non-hydrogen) atoms. The van der Waals surface area contributed by atoms with Crippen molar-refractivity contribution in [2.45, 2.75) is 45.2 Å². The van der Waals surface area contributed by atoms with E-state index in [1.54, 1.807) is 0 Å². The van der Waals surface area contributed by atoms with Crippen LogP contribution in [0.1, 0.15) is 44.2 Å². The lowest BCUT2D eigenvalue weighted by atomic mass is 10.1. The number of aromatic nitrogens is 2. The summed E-state index contributed by atoms with van der Waals surface area (Å²) in [6.07, 6.45) is 7.05. The van der Waals surface area contributed by atoms with Gasteiger partial charge in [0.1, 0.15) is 0 Å². The Morgan fingerprint density at radius 2 is 2.20 bits per heavy atom. The Kier molecular flexibility index (Phi) is 4.13. The molecule has 0 saturated heterocycles. The molecule has 0 amide bonds. The van der Waals surface area contributed by atoms with E-state index in [1.165, 1.54) is 46.6 Å². The average Bonchev–Trinajstić information content (AvgIpc) is 3.19. The molecule has 1 aliphatic carbocycles. The zero-order chi connectivity index (χ0) is 14.1. The second kappa shape index (κ2) is 5.86. The molecule has 1 fully saturated rings. The van der Waals surface area contributed by atoms with E-state index in [2.05, 4.69) is 56.7 Å². The average molecular weight is 336 g/mol. The van der Waals surface area contributed by atoms with Crippen LogP contribution in [0.15, 0.2) is 22.8 Å². The molecular formula is C16H22BrN3. The highest BCUT2D eigenvalue weighted by atomic mass is 79.9. The maximum Gasteiger partial charge on any atom is 0.0689 e. The molecule has 0 spiro atoms. The minimum absolute atomic E-state index is 0.638. The van der Waals surface area contributed by atoms with Gasteiger partial charge in [-0.15, -0.1) is 0 Å². The predicted molar refractivity (Wildman–Crippen MR) is 86.9 cm³/mol. The van der Waals surface area contributed by atoms with Crippen molar-refractivity contribution in [1.82, 2.24) is 14.7 Å². The zero-order valence-corrected chi connectivity index (χ0v) is 13.9. The first-order valence-corrected chi connectivity index (χ1v) is 8.32. The van der Waals surface area contributed by atoms with Gasteiger partial charge in [-0.25, -0.2) is 0 Å². The van der Waals surface area contributed by atoms with Gasteiger partial charge < -0.3 is 4.90 Å². The van der Waals surface area contributed by atoms with Gasteiger partial charge in [0.15, 0.2) is 0 Å². The molecule has 0 atom stereocenters. The van der Waals surface area contributed by atoms with Crippen molar-refractivity contribution in [1.29, 1.82) is 0 Å². The zero-order valence-electron chi connectivity index (χ0n) is 12.3. The maximum atomic E-state index is 4.55. The monoisotopic (exact) mass is 335 g/mol. The molecular weight excluding hydrogens is 314 g/mol. The molecule has 2 aromatic rings. The molecule has 108 valence electrons. The summed E-state index contributed by atoms with van der Waals surface area (Å²) in [5, 5.41) is 5.79. The van der Waals surface area contributed by atoms with E-state index >= 15 is 0 Å². The maximum absolute atomic E-state index is 4.55. The first-order chi connectivity index (χ1) is 9.69. The SMILES string of the molecule is CCCCN(C)Cc1cc2c(cnn2C2CC2)cc1Br. The number of halogens is 1. The molecule has 1 heterocycles. The Balaban J connectivity index is 1.86. The molecule has 3 nitrogen and oxygen atoms in total. The third kappa shape index (κ3) is 2.91. The van der Waals surface area contributed by atoms with Crippen LogP contribution >= 0.6 is 15.9 Å². The summed E-state index contributed by atoms with van der Waals surface area (Å²) in [6, 6.07) is 5.16. The number of fused-ring (bicyclic) bond motifs is 1. The third-order valence-corrected chi connectivity index (χ3v) is 4.73. The molecule has 3 rings (SSSR count). The van der Waals surface area contributed by atoms with E-state index in [0.717, 1.165) is 13.1 Å². The van der Waals surface area contributed by atoms with Crippen molar-refractivity contribution in [3.8, 4) is 0 Å². The Morgan fingerprint density at radius 3 is 2.90 bits per heavy atom. The van der Waals surface area contributed by atoms with Crippen molar-refractivity contribution in [2.75, 3.05) is 13.6 Å². The molecule has 1 aromatic carbocycles. The summed E-state index contributed by atoms with van der Waals surface area (Å²) in [5.41, 5.74) is 2.65. The second-order valence-electron chi connectivity index (χ2n) is 5.91. The van der Waals surface area contributed by atoms with Gasteiger partial charge in [-0.05, 0) is 50.6 Å². The second-order valence-corrected chi connectivity index (χ2v) is 6.77. The molecule has 0 N–H and O–H groups in total. The standard InChI is InChI=1S/C16H22BrN3/c1-3-4-7-19(2)11-13-9-16-12(8-15(13)17)10-18-20(16)14-5-6-14/h8-10,14H,3-7,11H2,1-2H3. The number of nitrogens with zero attached hydrogens (tertiary/aromatic N) is 3. The van der Waals surface area contributed by atoms with Crippen LogP contribution < -0.4 is 0 Å². The Morgan fingerprint density at radius 1 is 1.40 bits per heavy atom. The minimum atomic E-state index is 0.638.